The van der Waals surface area contributed by atoms with Gasteiger partial charge in [0.25, 0.3) is 0 Å². The second-order valence-electron chi connectivity index (χ2n) is 5.92. The Morgan fingerprint density at radius 2 is 1.43 bits per heavy atom. The second kappa shape index (κ2) is 8.82. The lowest BCUT2D eigenvalue weighted by Crippen LogP contribution is -2.48. The van der Waals surface area contributed by atoms with Gasteiger partial charge >= 0.3 is 8.80 Å². The molecule has 1 rings (SSSR count). The Kier molecular flexibility index (Phi) is 7.73. The van der Waals surface area contributed by atoms with Crippen molar-refractivity contribution in [2.45, 2.75) is 58.8 Å². The van der Waals surface area contributed by atoms with Gasteiger partial charge in [-0.05, 0) is 40.5 Å². The van der Waals surface area contributed by atoms with Crippen LogP contribution in [0.25, 0.3) is 0 Å². The molecule has 7 heteroatoms. The Bertz CT molecular complexity index is 476. The molecule has 0 aliphatic heterocycles. The van der Waals surface area contributed by atoms with E-state index in [1.165, 1.54) is 7.11 Å². The summed E-state index contributed by atoms with van der Waals surface area (Å²) in [4.78, 5) is 0. The third-order valence-electron chi connectivity index (χ3n) is 3.16. The van der Waals surface area contributed by atoms with Crippen LogP contribution in [0, 0.1) is 17.5 Å². The van der Waals surface area contributed by atoms with Crippen LogP contribution in [-0.2, 0) is 19.7 Å². The molecule has 0 saturated carbocycles. The largest absolute Gasteiger partial charge is 0.501 e. The first kappa shape index (κ1) is 20.2. The van der Waals surface area contributed by atoms with Crippen molar-refractivity contribution in [3.05, 3.63) is 35.1 Å². The first-order valence-corrected chi connectivity index (χ1v) is 9.66. The van der Waals surface area contributed by atoms with E-state index >= 15 is 0 Å². The zero-order valence-corrected chi connectivity index (χ0v) is 15.3. The predicted octanol–water partition coefficient (Wildman–Crippen LogP) is 4.47. The molecule has 0 radical (unpaired) electrons. The van der Waals surface area contributed by atoms with E-state index < -0.39 is 26.3 Å². The smallest absolute Gasteiger partial charge is 0.377 e. The molecule has 0 aliphatic rings. The molecule has 1 aromatic rings. The average molecular weight is 350 g/mol. The summed E-state index contributed by atoms with van der Waals surface area (Å²) in [7, 11) is -1.39. The van der Waals surface area contributed by atoms with Crippen molar-refractivity contribution in [1.82, 2.24) is 0 Å². The molecule has 23 heavy (non-hydrogen) atoms. The van der Waals surface area contributed by atoms with Crippen LogP contribution in [0.4, 0.5) is 13.2 Å². The van der Waals surface area contributed by atoms with Crippen LogP contribution in [0.5, 0.6) is 0 Å². The van der Waals surface area contributed by atoms with Gasteiger partial charge in [-0.3, -0.25) is 0 Å². The molecule has 0 atom stereocenters. The highest BCUT2D eigenvalue weighted by molar-refractivity contribution is 6.60. The van der Waals surface area contributed by atoms with E-state index in [0.717, 1.165) is 0 Å². The fourth-order valence-corrected chi connectivity index (χ4v) is 5.09. The summed E-state index contributed by atoms with van der Waals surface area (Å²) < 4.78 is 57.5. The molecule has 0 saturated heterocycles. The lowest BCUT2D eigenvalue weighted by molar-refractivity contribution is 0.0324. The minimum absolute atomic E-state index is 0.0836. The Morgan fingerprint density at radius 1 is 0.957 bits per heavy atom. The summed E-state index contributed by atoms with van der Waals surface area (Å²) in [5.74, 6) is -2.67. The third kappa shape index (κ3) is 6.25. The maximum Gasteiger partial charge on any atom is 0.501 e. The van der Waals surface area contributed by atoms with Gasteiger partial charge in [0.2, 0.25) is 0 Å². The molecular weight excluding hydrogens is 325 g/mol. The van der Waals surface area contributed by atoms with Gasteiger partial charge in [-0.25, -0.2) is 13.2 Å². The summed E-state index contributed by atoms with van der Waals surface area (Å²) in [6, 6.07) is 1.80. The first-order valence-electron chi connectivity index (χ1n) is 7.73. The van der Waals surface area contributed by atoms with Crippen LogP contribution in [0.1, 0.15) is 39.7 Å². The molecule has 0 aromatic heterocycles. The average Bonchev–Trinajstić information content (AvgIpc) is 2.40. The topological polar surface area (TPSA) is 27.7 Å². The van der Waals surface area contributed by atoms with Gasteiger partial charge in [-0.15, -0.1) is 0 Å². The van der Waals surface area contributed by atoms with Crippen LogP contribution in [-0.4, -0.2) is 28.1 Å². The van der Waals surface area contributed by atoms with Crippen molar-refractivity contribution in [2.75, 3.05) is 7.11 Å². The Labute approximate surface area is 137 Å². The molecule has 132 valence electrons. The van der Waals surface area contributed by atoms with Crippen molar-refractivity contribution < 1.29 is 26.4 Å². The first-order chi connectivity index (χ1) is 10.7. The molecule has 0 bridgehead atoms. The van der Waals surface area contributed by atoms with Crippen molar-refractivity contribution in [1.29, 1.82) is 0 Å². The number of rotatable bonds is 9. The SMILES string of the molecule is CO[Si](CCCc1c(F)cc(F)cc1F)(OC(C)C)OC(C)C. The lowest BCUT2D eigenvalue weighted by Gasteiger charge is -2.31. The Morgan fingerprint density at radius 3 is 1.83 bits per heavy atom. The Hall–Kier alpha value is -0.893. The summed E-state index contributed by atoms with van der Waals surface area (Å²) in [5, 5.41) is 0. The zero-order chi connectivity index (χ0) is 17.6. The quantitative estimate of drug-likeness (QED) is 0.615. The zero-order valence-electron chi connectivity index (χ0n) is 14.3. The number of halogens is 3. The lowest BCUT2D eigenvalue weighted by atomic mass is 10.1. The van der Waals surface area contributed by atoms with Gasteiger partial charge in [-0.2, -0.15) is 0 Å². The highest BCUT2D eigenvalue weighted by Crippen LogP contribution is 2.24. The van der Waals surface area contributed by atoms with Gasteiger partial charge in [0, 0.05) is 43.1 Å². The maximum absolute atomic E-state index is 13.7. The summed E-state index contributed by atoms with van der Waals surface area (Å²) in [6.07, 6.45) is 0.372. The normalized spacial score (nSPS) is 12.4. The second-order valence-corrected chi connectivity index (χ2v) is 8.67. The van der Waals surface area contributed by atoms with Crippen LogP contribution in [0.2, 0.25) is 6.04 Å². The summed E-state index contributed by atoms with van der Waals surface area (Å²) in [5.41, 5.74) is -0.125. The molecule has 0 amide bonds. The van der Waals surface area contributed by atoms with Gasteiger partial charge in [-0.1, -0.05) is 0 Å². The number of hydrogen-bond donors (Lipinski definition) is 0. The summed E-state index contributed by atoms with van der Waals surface area (Å²) in [6.45, 7) is 7.51. The van der Waals surface area contributed by atoms with Crippen LogP contribution in [0.15, 0.2) is 12.1 Å². The highest BCUT2D eigenvalue weighted by atomic mass is 28.4. The van der Waals surface area contributed by atoms with E-state index in [1.54, 1.807) is 0 Å². The standard InChI is InChI=1S/C16H25F3O3Si/c1-11(2)21-23(20-5,22-12(3)4)8-6-7-14-15(18)9-13(17)10-16(14)19/h9-12H,6-8H2,1-5H3. The molecule has 3 nitrogen and oxygen atoms in total. The molecule has 0 aliphatic carbocycles. The van der Waals surface area contributed by atoms with E-state index in [1.807, 2.05) is 27.7 Å². The third-order valence-corrected chi connectivity index (χ3v) is 6.41. The fraction of sp³-hybridized carbons (Fsp3) is 0.625. The molecule has 0 unspecified atom stereocenters. The van der Waals surface area contributed by atoms with Crippen LogP contribution >= 0.6 is 0 Å². The maximum atomic E-state index is 13.7. The van der Waals surface area contributed by atoms with Gasteiger partial charge < -0.3 is 13.3 Å². The molecule has 0 N–H and O–H groups in total. The van der Waals surface area contributed by atoms with Crippen molar-refractivity contribution in [3.8, 4) is 0 Å². The minimum atomic E-state index is -2.91. The molecule has 0 fully saturated rings. The van der Waals surface area contributed by atoms with Crippen molar-refractivity contribution in [3.63, 3.8) is 0 Å². The van der Waals surface area contributed by atoms with Gasteiger partial charge in [0.15, 0.2) is 0 Å². The Balaban J connectivity index is 2.79. The highest BCUT2D eigenvalue weighted by Gasteiger charge is 2.41. The van der Waals surface area contributed by atoms with E-state index in [0.29, 0.717) is 24.6 Å². The number of benzene rings is 1. The fourth-order valence-electron chi connectivity index (χ4n) is 2.35. The van der Waals surface area contributed by atoms with E-state index in [2.05, 4.69) is 0 Å². The minimum Gasteiger partial charge on any atom is -0.377 e. The molecule has 1 aromatic carbocycles. The molecule has 0 spiro atoms. The van der Waals surface area contributed by atoms with Crippen molar-refractivity contribution >= 4 is 8.80 Å². The van der Waals surface area contributed by atoms with E-state index in [9.17, 15) is 13.2 Å². The summed E-state index contributed by atoms with van der Waals surface area (Å²) >= 11 is 0. The molecular formula is C16H25F3O3Si. The van der Waals surface area contributed by atoms with Gasteiger partial charge in [0.1, 0.15) is 17.5 Å². The number of hydrogen-bond acceptors (Lipinski definition) is 3. The predicted molar refractivity (Wildman–Crippen MR) is 84.6 cm³/mol. The molecule has 0 heterocycles. The van der Waals surface area contributed by atoms with E-state index in [-0.39, 0.29) is 24.2 Å². The van der Waals surface area contributed by atoms with Gasteiger partial charge in [0.05, 0.1) is 0 Å². The monoisotopic (exact) mass is 350 g/mol. The van der Waals surface area contributed by atoms with Crippen LogP contribution < -0.4 is 0 Å². The van der Waals surface area contributed by atoms with E-state index in [4.69, 9.17) is 13.3 Å². The van der Waals surface area contributed by atoms with Crippen molar-refractivity contribution in [2.24, 2.45) is 0 Å². The van der Waals surface area contributed by atoms with Crippen LogP contribution in [0.3, 0.4) is 0 Å².